The molecule has 0 aromatic rings. The summed E-state index contributed by atoms with van der Waals surface area (Å²) in [4.78, 5) is 0. The Morgan fingerprint density at radius 3 is 2.83 bits per heavy atom. The Bertz CT molecular complexity index is 166. The molecule has 1 atom stereocenters. The molecule has 1 rings (SSSR count). The molecule has 3 heteroatoms. The molecule has 0 radical (unpaired) electrons. The molecule has 0 spiro atoms. The summed E-state index contributed by atoms with van der Waals surface area (Å²) in [5.74, 6) is -2.78. The highest BCUT2D eigenvalue weighted by atomic mass is 19.3. The highest BCUT2D eigenvalue weighted by Gasteiger charge is 2.36. The number of hydrogen-bond donors (Lipinski definition) is 0. The minimum atomic E-state index is -2.78. The maximum absolute atomic E-state index is 13.1. The van der Waals surface area contributed by atoms with Gasteiger partial charge in [-0.05, 0) is 25.3 Å². The fourth-order valence-corrected chi connectivity index (χ4v) is 1.41. The topological polar surface area (TPSA) is 9.23 Å². The molecule has 0 aromatic heterocycles. The average Bonchev–Trinajstić information content (AvgIpc) is 1.99. The van der Waals surface area contributed by atoms with E-state index in [4.69, 9.17) is 4.74 Å². The molecule has 0 aromatic carbocycles. The van der Waals surface area contributed by atoms with Crippen molar-refractivity contribution in [3.8, 4) is 0 Å². The van der Waals surface area contributed by atoms with Crippen LogP contribution < -0.4 is 0 Å². The SMILES string of the molecule is COC1CCCCC=CC1(F)F. The minimum absolute atomic E-state index is 0.452. The van der Waals surface area contributed by atoms with Gasteiger partial charge in [0.25, 0.3) is 5.92 Å². The van der Waals surface area contributed by atoms with Crippen molar-refractivity contribution >= 4 is 0 Å². The van der Waals surface area contributed by atoms with Crippen molar-refractivity contribution < 1.29 is 13.5 Å². The smallest absolute Gasteiger partial charge is 0.292 e. The molecule has 1 nitrogen and oxygen atoms in total. The Morgan fingerprint density at radius 2 is 2.17 bits per heavy atom. The number of allylic oxidation sites excluding steroid dienone is 1. The standard InChI is InChI=1S/C9H14F2O/c1-12-8-6-4-2-3-5-7-9(8,10)11/h5,7-8H,2-4,6H2,1H3. The molecule has 0 aliphatic heterocycles. The number of alkyl halides is 2. The zero-order valence-corrected chi connectivity index (χ0v) is 7.22. The Balaban J connectivity index is 2.67. The van der Waals surface area contributed by atoms with Crippen LogP contribution >= 0.6 is 0 Å². The van der Waals surface area contributed by atoms with Crippen molar-refractivity contribution in [2.45, 2.75) is 37.7 Å². The zero-order chi connectivity index (χ0) is 9.03. The first-order valence-electron chi connectivity index (χ1n) is 4.25. The van der Waals surface area contributed by atoms with E-state index in [1.165, 1.54) is 7.11 Å². The van der Waals surface area contributed by atoms with Gasteiger partial charge in [-0.2, -0.15) is 8.78 Å². The first-order valence-corrected chi connectivity index (χ1v) is 4.25. The van der Waals surface area contributed by atoms with Gasteiger partial charge in [-0.1, -0.05) is 12.5 Å². The Kier molecular flexibility index (Phi) is 3.20. The molecule has 0 N–H and O–H groups in total. The Morgan fingerprint density at radius 1 is 1.42 bits per heavy atom. The van der Waals surface area contributed by atoms with Crippen LogP contribution in [-0.2, 0) is 4.74 Å². The molecule has 0 bridgehead atoms. The van der Waals surface area contributed by atoms with Gasteiger partial charge >= 0.3 is 0 Å². The van der Waals surface area contributed by atoms with Gasteiger partial charge in [-0.25, -0.2) is 0 Å². The van der Waals surface area contributed by atoms with Gasteiger partial charge in [0.2, 0.25) is 0 Å². The van der Waals surface area contributed by atoms with E-state index in [-0.39, 0.29) is 0 Å². The third-order valence-corrected chi connectivity index (χ3v) is 2.14. The van der Waals surface area contributed by atoms with Crippen LogP contribution in [0.4, 0.5) is 8.78 Å². The maximum atomic E-state index is 13.1. The van der Waals surface area contributed by atoms with Gasteiger partial charge in [0, 0.05) is 7.11 Å². The van der Waals surface area contributed by atoms with Gasteiger partial charge < -0.3 is 4.74 Å². The van der Waals surface area contributed by atoms with Crippen LogP contribution in [0.1, 0.15) is 25.7 Å². The molecule has 0 fully saturated rings. The average molecular weight is 176 g/mol. The summed E-state index contributed by atoms with van der Waals surface area (Å²) in [5, 5.41) is 0. The van der Waals surface area contributed by atoms with Gasteiger partial charge in [0.1, 0.15) is 6.10 Å². The van der Waals surface area contributed by atoms with Crippen LogP contribution in [-0.4, -0.2) is 19.1 Å². The van der Waals surface area contributed by atoms with E-state index in [1.54, 1.807) is 6.08 Å². The van der Waals surface area contributed by atoms with Crippen molar-refractivity contribution in [2.75, 3.05) is 7.11 Å². The van der Waals surface area contributed by atoms with E-state index < -0.39 is 12.0 Å². The summed E-state index contributed by atoms with van der Waals surface area (Å²) in [5.41, 5.74) is 0. The number of hydrogen-bond acceptors (Lipinski definition) is 1. The summed E-state index contributed by atoms with van der Waals surface area (Å²) in [6.45, 7) is 0. The zero-order valence-electron chi connectivity index (χ0n) is 7.22. The summed E-state index contributed by atoms with van der Waals surface area (Å²) >= 11 is 0. The van der Waals surface area contributed by atoms with E-state index in [2.05, 4.69) is 0 Å². The predicted octanol–water partition coefficient (Wildman–Crippen LogP) is 2.77. The Labute approximate surface area is 71.4 Å². The second-order valence-corrected chi connectivity index (χ2v) is 3.09. The van der Waals surface area contributed by atoms with E-state index in [9.17, 15) is 8.78 Å². The summed E-state index contributed by atoms with van der Waals surface area (Å²) < 4.78 is 30.9. The first kappa shape index (κ1) is 9.65. The minimum Gasteiger partial charge on any atom is -0.375 e. The van der Waals surface area contributed by atoms with E-state index in [0.29, 0.717) is 6.42 Å². The van der Waals surface area contributed by atoms with Crippen molar-refractivity contribution in [1.82, 2.24) is 0 Å². The van der Waals surface area contributed by atoms with Crippen molar-refractivity contribution in [1.29, 1.82) is 0 Å². The van der Waals surface area contributed by atoms with Crippen LogP contribution in [0.2, 0.25) is 0 Å². The quantitative estimate of drug-likeness (QED) is 0.558. The normalized spacial score (nSPS) is 29.4. The number of methoxy groups -OCH3 is 1. The van der Waals surface area contributed by atoms with Crippen LogP contribution in [0.25, 0.3) is 0 Å². The lowest BCUT2D eigenvalue weighted by molar-refractivity contribution is -0.0940. The van der Waals surface area contributed by atoms with Crippen LogP contribution in [0.15, 0.2) is 12.2 Å². The lowest BCUT2D eigenvalue weighted by Crippen LogP contribution is -2.33. The molecular formula is C9H14F2O. The number of halogens is 2. The Hall–Kier alpha value is -0.440. The molecule has 1 aliphatic carbocycles. The highest BCUT2D eigenvalue weighted by molar-refractivity contribution is 5.00. The van der Waals surface area contributed by atoms with E-state index >= 15 is 0 Å². The second-order valence-electron chi connectivity index (χ2n) is 3.09. The van der Waals surface area contributed by atoms with Crippen LogP contribution in [0.5, 0.6) is 0 Å². The molecule has 1 aliphatic rings. The summed E-state index contributed by atoms with van der Waals surface area (Å²) in [6, 6.07) is 0. The van der Waals surface area contributed by atoms with E-state index in [0.717, 1.165) is 25.3 Å². The summed E-state index contributed by atoms with van der Waals surface area (Å²) in [6.07, 6.45) is 4.59. The highest BCUT2D eigenvalue weighted by Crippen LogP contribution is 2.28. The maximum Gasteiger partial charge on any atom is 0.292 e. The molecule has 1 unspecified atom stereocenters. The van der Waals surface area contributed by atoms with Crippen LogP contribution in [0.3, 0.4) is 0 Å². The molecule has 0 saturated heterocycles. The van der Waals surface area contributed by atoms with Gasteiger partial charge in [-0.15, -0.1) is 0 Å². The largest absolute Gasteiger partial charge is 0.375 e. The number of rotatable bonds is 1. The molecule has 0 amide bonds. The van der Waals surface area contributed by atoms with Gasteiger partial charge in [-0.3, -0.25) is 0 Å². The fourth-order valence-electron chi connectivity index (χ4n) is 1.41. The first-order chi connectivity index (χ1) is 5.67. The lowest BCUT2D eigenvalue weighted by atomic mass is 10.0. The second kappa shape index (κ2) is 3.99. The molecule has 12 heavy (non-hydrogen) atoms. The molecular weight excluding hydrogens is 162 g/mol. The van der Waals surface area contributed by atoms with Crippen molar-refractivity contribution in [3.63, 3.8) is 0 Å². The monoisotopic (exact) mass is 176 g/mol. The third-order valence-electron chi connectivity index (χ3n) is 2.14. The summed E-state index contributed by atoms with van der Waals surface area (Å²) in [7, 11) is 1.34. The molecule has 0 heterocycles. The molecule has 70 valence electrons. The lowest BCUT2D eigenvalue weighted by Gasteiger charge is -2.24. The predicted molar refractivity (Wildman–Crippen MR) is 43.4 cm³/mol. The third kappa shape index (κ3) is 2.27. The molecule has 0 saturated carbocycles. The van der Waals surface area contributed by atoms with Gasteiger partial charge in [0.15, 0.2) is 0 Å². The van der Waals surface area contributed by atoms with Gasteiger partial charge in [0.05, 0.1) is 0 Å². The van der Waals surface area contributed by atoms with E-state index in [1.807, 2.05) is 0 Å². The number of ether oxygens (including phenoxy) is 1. The van der Waals surface area contributed by atoms with Crippen molar-refractivity contribution in [3.05, 3.63) is 12.2 Å². The van der Waals surface area contributed by atoms with Crippen LogP contribution in [0, 0.1) is 0 Å². The van der Waals surface area contributed by atoms with Crippen molar-refractivity contribution in [2.24, 2.45) is 0 Å². The fraction of sp³-hybridized carbons (Fsp3) is 0.778.